The molecule has 22 heavy (non-hydrogen) atoms. The average molecular weight is 322 g/mol. The van der Waals surface area contributed by atoms with Gasteiger partial charge in [0.2, 0.25) is 5.95 Å². The Labute approximate surface area is 138 Å². The van der Waals surface area contributed by atoms with E-state index in [0.29, 0.717) is 11.8 Å². The van der Waals surface area contributed by atoms with E-state index < -0.39 is 0 Å². The van der Waals surface area contributed by atoms with Crippen LogP contribution >= 0.6 is 12.4 Å². The van der Waals surface area contributed by atoms with Crippen LogP contribution in [0.3, 0.4) is 0 Å². The van der Waals surface area contributed by atoms with Gasteiger partial charge in [0.15, 0.2) is 0 Å². The normalized spacial score (nSPS) is 10.4. The summed E-state index contributed by atoms with van der Waals surface area (Å²) in [5.41, 5.74) is 9.18. The van der Waals surface area contributed by atoms with Gasteiger partial charge in [-0.1, -0.05) is 12.1 Å². The van der Waals surface area contributed by atoms with Gasteiger partial charge in [-0.25, -0.2) is 4.98 Å². The summed E-state index contributed by atoms with van der Waals surface area (Å²) >= 11 is 0. The minimum Gasteiger partial charge on any atom is -0.383 e. The summed E-state index contributed by atoms with van der Waals surface area (Å²) in [6.45, 7) is 3.08. The van der Waals surface area contributed by atoms with Crippen molar-refractivity contribution < 1.29 is 0 Å². The fourth-order valence-electron chi connectivity index (χ4n) is 2.11. The summed E-state index contributed by atoms with van der Waals surface area (Å²) in [7, 11) is 4.13. The van der Waals surface area contributed by atoms with Crippen molar-refractivity contribution in [1.29, 1.82) is 0 Å². The molecule has 1 aromatic carbocycles. The van der Waals surface area contributed by atoms with Gasteiger partial charge in [0, 0.05) is 17.4 Å². The maximum absolute atomic E-state index is 6.02. The molecule has 0 saturated carbocycles. The first kappa shape index (κ1) is 18.2. The van der Waals surface area contributed by atoms with Crippen LogP contribution in [0.5, 0.6) is 0 Å². The molecule has 0 aliphatic heterocycles. The second-order valence-electron chi connectivity index (χ2n) is 5.51. The van der Waals surface area contributed by atoms with Crippen LogP contribution in [0.1, 0.15) is 17.5 Å². The second-order valence-corrected chi connectivity index (χ2v) is 5.51. The number of halogens is 1. The zero-order chi connectivity index (χ0) is 15.2. The van der Waals surface area contributed by atoms with Crippen LogP contribution in [0.4, 0.5) is 17.5 Å². The number of benzene rings is 1. The van der Waals surface area contributed by atoms with Crippen LogP contribution in [0, 0.1) is 6.92 Å². The van der Waals surface area contributed by atoms with Gasteiger partial charge in [0.05, 0.1) is 0 Å². The monoisotopic (exact) mass is 321 g/mol. The highest BCUT2D eigenvalue weighted by Crippen LogP contribution is 2.17. The average Bonchev–Trinajstić information content (AvgIpc) is 2.41. The zero-order valence-electron chi connectivity index (χ0n) is 13.3. The molecule has 0 bridgehead atoms. The Kier molecular flexibility index (Phi) is 7.08. The zero-order valence-corrected chi connectivity index (χ0v) is 14.2. The Balaban J connectivity index is 0.00000242. The molecule has 5 nitrogen and oxygen atoms in total. The third-order valence-electron chi connectivity index (χ3n) is 3.22. The van der Waals surface area contributed by atoms with Gasteiger partial charge in [-0.05, 0) is 58.1 Å². The molecule has 0 saturated heterocycles. The molecule has 0 amide bonds. The molecule has 0 aliphatic carbocycles. The topological polar surface area (TPSA) is 67.1 Å². The molecule has 1 aromatic heterocycles. The summed E-state index contributed by atoms with van der Waals surface area (Å²) < 4.78 is 0. The number of hydrogen-bond acceptors (Lipinski definition) is 5. The number of aryl methyl sites for hydroxylation is 2. The van der Waals surface area contributed by atoms with E-state index in [-0.39, 0.29) is 12.4 Å². The van der Waals surface area contributed by atoms with Gasteiger partial charge < -0.3 is 16.0 Å². The van der Waals surface area contributed by atoms with E-state index >= 15 is 0 Å². The smallest absolute Gasteiger partial charge is 0.229 e. The van der Waals surface area contributed by atoms with E-state index in [1.54, 1.807) is 0 Å². The highest BCUT2D eigenvalue weighted by Gasteiger charge is 2.05. The SMILES string of the molecule is Cc1cccc(Nc2ncc(CCCN(C)C)c(N)n2)c1.Cl. The number of aromatic nitrogens is 2. The molecule has 0 spiro atoms. The van der Waals surface area contributed by atoms with Gasteiger partial charge >= 0.3 is 0 Å². The lowest BCUT2D eigenvalue weighted by atomic mass is 10.1. The van der Waals surface area contributed by atoms with E-state index in [1.807, 2.05) is 37.4 Å². The fraction of sp³-hybridized carbons (Fsp3) is 0.375. The summed E-state index contributed by atoms with van der Waals surface area (Å²) in [5, 5.41) is 3.18. The van der Waals surface area contributed by atoms with Crippen molar-refractivity contribution in [3.8, 4) is 0 Å². The van der Waals surface area contributed by atoms with Gasteiger partial charge in [0.1, 0.15) is 5.82 Å². The molecule has 0 unspecified atom stereocenters. The van der Waals surface area contributed by atoms with Crippen molar-refractivity contribution in [2.75, 3.05) is 31.7 Å². The minimum atomic E-state index is 0. The molecule has 2 rings (SSSR count). The lowest BCUT2D eigenvalue weighted by Gasteiger charge is -2.11. The fourth-order valence-corrected chi connectivity index (χ4v) is 2.11. The largest absolute Gasteiger partial charge is 0.383 e. The van der Waals surface area contributed by atoms with Crippen molar-refractivity contribution >= 4 is 29.9 Å². The number of hydrogen-bond donors (Lipinski definition) is 2. The summed E-state index contributed by atoms with van der Waals surface area (Å²) in [6.07, 6.45) is 3.76. The molecule has 0 fully saturated rings. The number of nitrogens with one attached hydrogen (secondary N) is 1. The van der Waals surface area contributed by atoms with Crippen LogP contribution in [0.25, 0.3) is 0 Å². The summed E-state index contributed by atoms with van der Waals surface area (Å²) in [6, 6.07) is 8.08. The van der Waals surface area contributed by atoms with Crippen LogP contribution < -0.4 is 11.1 Å². The number of nitrogens with two attached hydrogens (primary N) is 1. The van der Waals surface area contributed by atoms with Crippen LogP contribution in [0.15, 0.2) is 30.5 Å². The summed E-state index contributed by atoms with van der Waals surface area (Å²) in [5.74, 6) is 1.09. The Morgan fingerprint density at radius 1 is 1.27 bits per heavy atom. The molecule has 1 heterocycles. The van der Waals surface area contributed by atoms with Crippen LogP contribution in [0.2, 0.25) is 0 Å². The number of nitrogen functional groups attached to an aromatic ring is 1. The lowest BCUT2D eigenvalue weighted by molar-refractivity contribution is 0.400. The highest BCUT2D eigenvalue weighted by molar-refractivity contribution is 5.85. The van der Waals surface area contributed by atoms with Crippen molar-refractivity contribution in [3.63, 3.8) is 0 Å². The van der Waals surface area contributed by atoms with Gasteiger partial charge in [0.25, 0.3) is 0 Å². The second kappa shape index (κ2) is 8.56. The van der Waals surface area contributed by atoms with Crippen molar-refractivity contribution in [1.82, 2.24) is 14.9 Å². The molecule has 0 aliphatic rings. The van der Waals surface area contributed by atoms with Crippen LogP contribution in [-0.2, 0) is 6.42 Å². The Bertz CT molecular complexity index is 601. The number of rotatable bonds is 6. The molecule has 3 N–H and O–H groups in total. The quantitative estimate of drug-likeness (QED) is 0.856. The van der Waals surface area contributed by atoms with E-state index in [2.05, 4.69) is 34.3 Å². The number of anilines is 3. The molecular weight excluding hydrogens is 298 g/mol. The lowest BCUT2D eigenvalue weighted by Crippen LogP contribution is -2.14. The maximum Gasteiger partial charge on any atom is 0.229 e. The standard InChI is InChI=1S/C16H23N5.ClH/c1-12-6-4-8-14(10-12)19-16-18-11-13(15(17)20-16)7-5-9-21(2)3;/h4,6,8,10-11H,5,7,9H2,1-3H3,(H3,17,18,19,20);1H. The van der Waals surface area contributed by atoms with E-state index in [9.17, 15) is 0 Å². The van der Waals surface area contributed by atoms with Crippen LogP contribution in [-0.4, -0.2) is 35.5 Å². The predicted octanol–water partition coefficient (Wildman–Crippen LogP) is 3.03. The minimum absolute atomic E-state index is 0. The summed E-state index contributed by atoms with van der Waals surface area (Å²) in [4.78, 5) is 10.8. The van der Waals surface area contributed by atoms with Crippen molar-refractivity contribution in [2.45, 2.75) is 19.8 Å². The molecular formula is C16H24ClN5. The molecule has 120 valence electrons. The Hall–Kier alpha value is -1.85. The van der Waals surface area contributed by atoms with E-state index in [1.165, 1.54) is 5.56 Å². The first-order valence-electron chi connectivity index (χ1n) is 7.14. The Morgan fingerprint density at radius 3 is 2.68 bits per heavy atom. The van der Waals surface area contributed by atoms with E-state index in [0.717, 1.165) is 30.6 Å². The third kappa shape index (κ3) is 5.50. The molecule has 0 radical (unpaired) electrons. The van der Waals surface area contributed by atoms with E-state index in [4.69, 9.17) is 5.73 Å². The van der Waals surface area contributed by atoms with Gasteiger partial charge in [-0.15, -0.1) is 12.4 Å². The maximum atomic E-state index is 6.02. The number of nitrogens with zero attached hydrogens (tertiary/aromatic N) is 3. The third-order valence-corrected chi connectivity index (χ3v) is 3.22. The highest BCUT2D eigenvalue weighted by atomic mass is 35.5. The predicted molar refractivity (Wildman–Crippen MR) is 95.0 cm³/mol. The first-order valence-corrected chi connectivity index (χ1v) is 7.14. The molecule has 0 atom stereocenters. The van der Waals surface area contributed by atoms with Gasteiger partial charge in [-0.2, -0.15) is 4.98 Å². The van der Waals surface area contributed by atoms with Crippen molar-refractivity contribution in [3.05, 3.63) is 41.6 Å². The van der Waals surface area contributed by atoms with Gasteiger partial charge in [-0.3, -0.25) is 0 Å². The Morgan fingerprint density at radius 2 is 2.05 bits per heavy atom. The molecule has 2 aromatic rings. The van der Waals surface area contributed by atoms with Crippen molar-refractivity contribution in [2.24, 2.45) is 0 Å². The first-order chi connectivity index (χ1) is 10.0. The molecule has 6 heteroatoms.